The zero-order valence-electron chi connectivity index (χ0n) is 15.7. The molecule has 0 aromatic heterocycles. The molecule has 0 spiro atoms. The molecule has 1 fully saturated rings. The Bertz CT molecular complexity index is 783. The van der Waals surface area contributed by atoms with Gasteiger partial charge in [-0.3, -0.25) is 4.79 Å². The number of nitrogens with zero attached hydrogens (tertiary/aromatic N) is 1. The van der Waals surface area contributed by atoms with E-state index < -0.39 is 11.6 Å². The van der Waals surface area contributed by atoms with Crippen molar-refractivity contribution < 1.29 is 18.3 Å². The standard InChI is InChI=1S/C21H24F2N2O2.ClH/c1-14(20(24)15-5-3-2-4-6-15)21(26)25-11-9-17(10-12-25)27-19-8-7-16(22)13-18(19)23;/h2-8,13-14,17,20H,9-12,24H2,1H3;1H. The molecule has 0 saturated carbocycles. The molecular weight excluding hydrogens is 386 g/mol. The molecule has 2 atom stereocenters. The van der Waals surface area contributed by atoms with Crippen molar-refractivity contribution in [1.29, 1.82) is 0 Å². The summed E-state index contributed by atoms with van der Waals surface area (Å²) >= 11 is 0. The summed E-state index contributed by atoms with van der Waals surface area (Å²) in [4.78, 5) is 14.6. The van der Waals surface area contributed by atoms with Crippen molar-refractivity contribution in [3.63, 3.8) is 0 Å². The highest BCUT2D eigenvalue weighted by Gasteiger charge is 2.30. The van der Waals surface area contributed by atoms with Gasteiger partial charge in [0.05, 0.1) is 5.92 Å². The summed E-state index contributed by atoms with van der Waals surface area (Å²) in [6.45, 7) is 2.90. The van der Waals surface area contributed by atoms with Crippen molar-refractivity contribution in [2.24, 2.45) is 11.7 Å². The highest BCUT2D eigenvalue weighted by atomic mass is 35.5. The van der Waals surface area contributed by atoms with Crippen LogP contribution in [0.25, 0.3) is 0 Å². The second kappa shape index (κ2) is 9.85. The minimum absolute atomic E-state index is 0. The number of nitrogens with two attached hydrogens (primary N) is 1. The van der Waals surface area contributed by atoms with Crippen LogP contribution in [0.3, 0.4) is 0 Å². The number of piperidine rings is 1. The predicted octanol–water partition coefficient (Wildman–Crippen LogP) is 4.09. The van der Waals surface area contributed by atoms with E-state index in [-0.39, 0.29) is 42.1 Å². The van der Waals surface area contributed by atoms with Crippen LogP contribution in [0, 0.1) is 17.6 Å². The molecule has 0 aliphatic carbocycles. The number of likely N-dealkylation sites (tertiary alicyclic amines) is 1. The summed E-state index contributed by atoms with van der Waals surface area (Å²) in [6.07, 6.45) is 0.984. The van der Waals surface area contributed by atoms with Crippen LogP contribution in [0.1, 0.15) is 31.4 Å². The van der Waals surface area contributed by atoms with E-state index in [9.17, 15) is 13.6 Å². The molecule has 3 rings (SSSR count). The molecule has 1 saturated heterocycles. The van der Waals surface area contributed by atoms with Crippen LogP contribution < -0.4 is 10.5 Å². The number of ether oxygens (including phenoxy) is 1. The van der Waals surface area contributed by atoms with E-state index in [0.717, 1.165) is 11.6 Å². The van der Waals surface area contributed by atoms with Gasteiger partial charge in [-0.1, -0.05) is 37.3 Å². The Hall–Kier alpha value is -2.18. The number of carbonyl (C=O) groups excluding carboxylic acids is 1. The Morgan fingerprint density at radius 1 is 1.14 bits per heavy atom. The first-order chi connectivity index (χ1) is 13.0. The van der Waals surface area contributed by atoms with Crippen molar-refractivity contribution in [2.75, 3.05) is 13.1 Å². The van der Waals surface area contributed by atoms with E-state index in [0.29, 0.717) is 25.9 Å². The van der Waals surface area contributed by atoms with Crippen molar-refractivity contribution in [1.82, 2.24) is 4.90 Å². The van der Waals surface area contributed by atoms with Gasteiger partial charge >= 0.3 is 0 Å². The highest BCUT2D eigenvalue weighted by molar-refractivity contribution is 5.85. The molecule has 2 unspecified atom stereocenters. The van der Waals surface area contributed by atoms with Crippen LogP contribution in [0.4, 0.5) is 8.78 Å². The third-order valence-electron chi connectivity index (χ3n) is 5.05. The first-order valence-corrected chi connectivity index (χ1v) is 9.16. The molecule has 152 valence electrons. The van der Waals surface area contributed by atoms with Crippen molar-refractivity contribution in [2.45, 2.75) is 31.9 Å². The molecule has 1 amide bonds. The monoisotopic (exact) mass is 410 g/mol. The Balaban J connectivity index is 0.00000280. The largest absolute Gasteiger partial charge is 0.487 e. The van der Waals surface area contributed by atoms with Crippen LogP contribution in [-0.2, 0) is 4.79 Å². The minimum Gasteiger partial charge on any atom is -0.487 e. The van der Waals surface area contributed by atoms with Gasteiger partial charge in [0, 0.05) is 38.0 Å². The van der Waals surface area contributed by atoms with Crippen LogP contribution in [0.15, 0.2) is 48.5 Å². The molecule has 0 bridgehead atoms. The van der Waals surface area contributed by atoms with Gasteiger partial charge in [0.15, 0.2) is 11.6 Å². The Labute approximate surface area is 170 Å². The van der Waals surface area contributed by atoms with Gasteiger partial charge in [-0.15, -0.1) is 12.4 Å². The number of benzene rings is 2. The van der Waals surface area contributed by atoms with Gasteiger partial charge in [0.2, 0.25) is 5.91 Å². The van der Waals surface area contributed by atoms with E-state index in [1.165, 1.54) is 12.1 Å². The third kappa shape index (κ3) is 5.20. The lowest BCUT2D eigenvalue weighted by Gasteiger charge is -2.35. The molecule has 2 aromatic carbocycles. The van der Waals surface area contributed by atoms with E-state index in [1.54, 1.807) is 4.90 Å². The van der Waals surface area contributed by atoms with Gasteiger partial charge in [0.25, 0.3) is 0 Å². The Kier molecular flexibility index (Phi) is 7.78. The second-order valence-corrected chi connectivity index (χ2v) is 6.94. The van der Waals surface area contributed by atoms with E-state index >= 15 is 0 Å². The maximum atomic E-state index is 13.7. The maximum absolute atomic E-state index is 13.7. The fourth-order valence-electron chi connectivity index (χ4n) is 3.35. The number of carbonyl (C=O) groups is 1. The molecule has 4 nitrogen and oxygen atoms in total. The number of hydrogen-bond donors (Lipinski definition) is 1. The molecule has 1 aliphatic rings. The van der Waals surface area contributed by atoms with E-state index in [2.05, 4.69) is 0 Å². The van der Waals surface area contributed by atoms with Crippen LogP contribution in [0.2, 0.25) is 0 Å². The number of rotatable bonds is 5. The first kappa shape index (κ1) is 22.1. The maximum Gasteiger partial charge on any atom is 0.227 e. The number of halogens is 3. The number of amides is 1. The van der Waals surface area contributed by atoms with Gasteiger partial charge in [0.1, 0.15) is 11.9 Å². The summed E-state index contributed by atoms with van der Waals surface area (Å²) < 4.78 is 32.3. The summed E-state index contributed by atoms with van der Waals surface area (Å²) in [5.74, 6) is -1.63. The topological polar surface area (TPSA) is 55.6 Å². The average Bonchev–Trinajstić information content (AvgIpc) is 2.69. The molecule has 28 heavy (non-hydrogen) atoms. The summed E-state index contributed by atoms with van der Waals surface area (Å²) in [5.41, 5.74) is 7.19. The van der Waals surface area contributed by atoms with Crippen molar-refractivity contribution in [3.8, 4) is 5.75 Å². The first-order valence-electron chi connectivity index (χ1n) is 9.16. The van der Waals surface area contributed by atoms with E-state index in [1.807, 2.05) is 37.3 Å². The molecule has 2 aromatic rings. The molecule has 2 N–H and O–H groups in total. The summed E-state index contributed by atoms with van der Waals surface area (Å²) in [6, 6.07) is 12.5. The van der Waals surface area contributed by atoms with Gasteiger partial charge in [-0.05, 0) is 17.7 Å². The quantitative estimate of drug-likeness (QED) is 0.807. The van der Waals surface area contributed by atoms with Gasteiger partial charge < -0.3 is 15.4 Å². The highest BCUT2D eigenvalue weighted by Crippen LogP contribution is 2.25. The van der Waals surface area contributed by atoms with Crippen molar-refractivity contribution in [3.05, 3.63) is 65.7 Å². The number of hydrogen-bond acceptors (Lipinski definition) is 3. The van der Waals surface area contributed by atoms with Crippen LogP contribution in [-0.4, -0.2) is 30.0 Å². The van der Waals surface area contributed by atoms with Gasteiger partial charge in [-0.2, -0.15) is 0 Å². The molecule has 7 heteroatoms. The fourth-order valence-corrected chi connectivity index (χ4v) is 3.35. The van der Waals surface area contributed by atoms with Crippen LogP contribution >= 0.6 is 12.4 Å². The lowest BCUT2D eigenvalue weighted by atomic mass is 9.93. The van der Waals surface area contributed by atoms with E-state index in [4.69, 9.17) is 10.5 Å². The third-order valence-corrected chi connectivity index (χ3v) is 5.05. The summed E-state index contributed by atoms with van der Waals surface area (Å²) in [5, 5.41) is 0. The molecule has 1 heterocycles. The second-order valence-electron chi connectivity index (χ2n) is 6.94. The Morgan fingerprint density at radius 2 is 1.79 bits per heavy atom. The normalized spacial score (nSPS) is 16.8. The fraction of sp³-hybridized carbons (Fsp3) is 0.381. The SMILES string of the molecule is CC(C(=O)N1CCC(Oc2ccc(F)cc2F)CC1)C(N)c1ccccc1.Cl. The lowest BCUT2D eigenvalue weighted by Crippen LogP contribution is -2.45. The molecular formula is C21H25ClF2N2O2. The van der Waals surface area contributed by atoms with Crippen LogP contribution in [0.5, 0.6) is 5.75 Å². The smallest absolute Gasteiger partial charge is 0.227 e. The Morgan fingerprint density at radius 3 is 2.39 bits per heavy atom. The zero-order valence-corrected chi connectivity index (χ0v) is 16.5. The van der Waals surface area contributed by atoms with Gasteiger partial charge in [-0.25, -0.2) is 8.78 Å². The molecule has 0 radical (unpaired) electrons. The zero-order chi connectivity index (χ0) is 19.4. The predicted molar refractivity (Wildman–Crippen MR) is 106 cm³/mol. The average molecular weight is 411 g/mol. The lowest BCUT2D eigenvalue weighted by molar-refractivity contribution is -0.137. The molecule has 1 aliphatic heterocycles. The van der Waals surface area contributed by atoms with Crippen molar-refractivity contribution >= 4 is 18.3 Å². The minimum atomic E-state index is -0.712. The summed E-state index contributed by atoms with van der Waals surface area (Å²) in [7, 11) is 0.